The number of carbonyl (C=O) groups excluding carboxylic acids is 1. The van der Waals surface area contributed by atoms with E-state index in [9.17, 15) is 4.79 Å². The first-order chi connectivity index (χ1) is 13.0. The van der Waals surface area contributed by atoms with Crippen LogP contribution in [-0.4, -0.2) is 26.6 Å². The molecule has 1 aliphatic rings. The summed E-state index contributed by atoms with van der Waals surface area (Å²) in [6.07, 6.45) is 2.63. The molecule has 0 aromatic heterocycles. The highest BCUT2D eigenvalue weighted by Crippen LogP contribution is 2.40. The highest BCUT2D eigenvalue weighted by atomic mass is 28.4. The van der Waals surface area contributed by atoms with Crippen LogP contribution in [0.1, 0.15) is 52.5 Å². The summed E-state index contributed by atoms with van der Waals surface area (Å²) in [5.74, 6) is 0.216. The van der Waals surface area contributed by atoms with Crippen LogP contribution in [0, 0.1) is 5.92 Å². The molecule has 0 heterocycles. The lowest BCUT2D eigenvalue weighted by Crippen LogP contribution is -2.49. The summed E-state index contributed by atoms with van der Waals surface area (Å²) in [5.41, 5.74) is 2.08. The largest absolute Gasteiger partial charge is 0.445 e. The summed E-state index contributed by atoms with van der Waals surface area (Å²) in [4.78, 5) is 12.3. The second kappa shape index (κ2) is 9.27. The van der Waals surface area contributed by atoms with Crippen molar-refractivity contribution in [1.82, 2.24) is 5.32 Å². The van der Waals surface area contributed by atoms with Gasteiger partial charge in [-0.2, -0.15) is 0 Å². The van der Waals surface area contributed by atoms with Crippen molar-refractivity contribution in [1.29, 1.82) is 0 Å². The lowest BCUT2D eigenvalue weighted by atomic mass is 9.79. The zero-order chi connectivity index (χ0) is 20.9. The lowest BCUT2D eigenvalue weighted by molar-refractivity contribution is 0.0901. The summed E-state index contributed by atoms with van der Waals surface area (Å²) in [6.45, 7) is 17.9. The van der Waals surface area contributed by atoms with E-state index < -0.39 is 8.32 Å². The minimum Gasteiger partial charge on any atom is -0.445 e. The zero-order valence-electron chi connectivity index (χ0n) is 18.4. The molecule has 0 radical (unpaired) electrons. The summed E-state index contributed by atoms with van der Waals surface area (Å²) < 4.78 is 12.0. The van der Waals surface area contributed by atoms with Crippen LogP contribution in [0.3, 0.4) is 0 Å². The Morgan fingerprint density at radius 1 is 1.21 bits per heavy atom. The van der Waals surface area contributed by atoms with Crippen molar-refractivity contribution in [3.8, 4) is 0 Å². The first kappa shape index (κ1) is 22.7. The third-order valence-electron chi connectivity index (χ3n) is 6.22. The van der Waals surface area contributed by atoms with Crippen molar-refractivity contribution in [3.05, 3.63) is 48.0 Å². The fourth-order valence-electron chi connectivity index (χ4n) is 3.47. The predicted molar refractivity (Wildman–Crippen MR) is 118 cm³/mol. The van der Waals surface area contributed by atoms with Gasteiger partial charge in [0, 0.05) is 18.1 Å². The third-order valence-corrected chi connectivity index (χ3v) is 10.8. The number of nitrogens with one attached hydrogen (secondary N) is 1. The Balaban J connectivity index is 1.92. The number of carbonyl (C=O) groups is 1. The molecule has 0 unspecified atom stereocenters. The Morgan fingerprint density at radius 3 is 2.43 bits per heavy atom. The van der Waals surface area contributed by atoms with Gasteiger partial charge in [-0.25, -0.2) is 4.79 Å². The molecule has 1 fully saturated rings. The first-order valence-electron chi connectivity index (χ1n) is 10.3. The Labute approximate surface area is 171 Å². The van der Waals surface area contributed by atoms with Crippen molar-refractivity contribution >= 4 is 14.4 Å². The first-order valence-corrected chi connectivity index (χ1v) is 13.2. The van der Waals surface area contributed by atoms with Gasteiger partial charge in [0.25, 0.3) is 0 Å². The second-order valence-electron chi connectivity index (χ2n) is 9.58. The fraction of sp³-hybridized carbons (Fsp3) is 0.609. The molecule has 1 aliphatic carbocycles. The molecule has 156 valence electrons. The molecule has 4 nitrogen and oxygen atoms in total. The molecule has 0 saturated heterocycles. The van der Waals surface area contributed by atoms with Crippen LogP contribution in [0.5, 0.6) is 0 Å². The molecule has 0 bridgehead atoms. The molecule has 1 aromatic carbocycles. The summed E-state index contributed by atoms with van der Waals surface area (Å²) in [7, 11) is -1.80. The molecular weight excluding hydrogens is 366 g/mol. The van der Waals surface area contributed by atoms with E-state index >= 15 is 0 Å². The maximum Gasteiger partial charge on any atom is 0.407 e. The van der Waals surface area contributed by atoms with E-state index in [2.05, 4.69) is 45.8 Å². The van der Waals surface area contributed by atoms with E-state index in [1.54, 1.807) is 0 Å². The number of rotatable bonds is 6. The summed E-state index contributed by atoms with van der Waals surface area (Å²) in [5, 5.41) is 3.26. The van der Waals surface area contributed by atoms with Crippen LogP contribution in [0.2, 0.25) is 18.1 Å². The predicted octanol–water partition coefficient (Wildman–Crippen LogP) is 6.05. The Kier molecular flexibility index (Phi) is 7.51. The standard InChI is InChI=1S/C23H37NO3Si/c1-17(2)20-15-19(27-28(6,7)23(3,4)5)13-14-21(20)24-22(25)26-16-18-11-9-8-10-12-18/h8-12,19-21H,1,13-16H2,2-7H3,(H,24,25)/t19-,20+,21+/m1/s1. The smallest absolute Gasteiger partial charge is 0.407 e. The van der Waals surface area contributed by atoms with Gasteiger partial charge in [-0.1, -0.05) is 63.3 Å². The van der Waals surface area contributed by atoms with Gasteiger partial charge in [-0.3, -0.25) is 0 Å². The normalized spacial score (nSPS) is 23.1. The molecule has 0 aliphatic heterocycles. The van der Waals surface area contributed by atoms with Gasteiger partial charge in [-0.15, -0.1) is 0 Å². The molecule has 28 heavy (non-hydrogen) atoms. The van der Waals surface area contributed by atoms with Crippen LogP contribution in [0.15, 0.2) is 42.5 Å². The van der Waals surface area contributed by atoms with Crippen LogP contribution in [0.4, 0.5) is 4.79 Å². The quantitative estimate of drug-likeness (QED) is 0.465. The Morgan fingerprint density at radius 2 is 1.86 bits per heavy atom. The van der Waals surface area contributed by atoms with Gasteiger partial charge in [0.15, 0.2) is 8.32 Å². The van der Waals surface area contributed by atoms with Gasteiger partial charge in [0.1, 0.15) is 6.61 Å². The lowest BCUT2D eigenvalue weighted by Gasteiger charge is -2.43. The van der Waals surface area contributed by atoms with Crippen LogP contribution < -0.4 is 5.32 Å². The van der Waals surface area contributed by atoms with Gasteiger partial charge in [-0.05, 0) is 49.9 Å². The SMILES string of the molecule is C=C(C)[C@@H]1C[C@H](O[Si](C)(C)C(C)(C)C)CC[C@@H]1NC(=O)OCc1ccccc1. The van der Waals surface area contributed by atoms with Crippen molar-refractivity contribution in [2.24, 2.45) is 5.92 Å². The van der Waals surface area contributed by atoms with Gasteiger partial charge < -0.3 is 14.5 Å². The number of ether oxygens (including phenoxy) is 1. The van der Waals surface area contributed by atoms with Gasteiger partial charge >= 0.3 is 6.09 Å². The van der Waals surface area contributed by atoms with E-state index in [-0.39, 0.29) is 35.8 Å². The molecule has 5 heteroatoms. The maximum atomic E-state index is 12.3. The van der Waals surface area contributed by atoms with Crippen molar-refractivity contribution < 1.29 is 14.0 Å². The molecular formula is C23H37NO3Si. The van der Waals surface area contributed by atoms with E-state index in [4.69, 9.17) is 9.16 Å². The molecule has 1 saturated carbocycles. The molecule has 1 aromatic rings. The molecule has 2 rings (SSSR count). The monoisotopic (exact) mass is 403 g/mol. The number of hydrogen-bond donors (Lipinski definition) is 1. The van der Waals surface area contributed by atoms with Crippen molar-refractivity contribution in [2.45, 2.75) is 83.8 Å². The second-order valence-corrected chi connectivity index (χ2v) is 14.3. The van der Waals surface area contributed by atoms with E-state index in [1.807, 2.05) is 37.3 Å². The van der Waals surface area contributed by atoms with E-state index in [1.165, 1.54) is 0 Å². The number of benzene rings is 1. The molecule has 0 spiro atoms. The highest BCUT2D eigenvalue weighted by molar-refractivity contribution is 6.74. The average molecular weight is 404 g/mol. The molecule has 3 atom stereocenters. The zero-order valence-corrected chi connectivity index (χ0v) is 19.4. The van der Waals surface area contributed by atoms with E-state index in [0.717, 1.165) is 30.4 Å². The highest BCUT2D eigenvalue weighted by Gasteiger charge is 2.41. The number of amides is 1. The summed E-state index contributed by atoms with van der Waals surface area (Å²) >= 11 is 0. The Bertz CT molecular complexity index is 666. The summed E-state index contributed by atoms with van der Waals surface area (Å²) in [6, 6.07) is 9.79. The topological polar surface area (TPSA) is 47.6 Å². The average Bonchev–Trinajstić information content (AvgIpc) is 2.61. The van der Waals surface area contributed by atoms with Crippen LogP contribution >= 0.6 is 0 Å². The third kappa shape index (κ3) is 6.21. The fourth-order valence-corrected chi connectivity index (χ4v) is 4.87. The van der Waals surface area contributed by atoms with Crippen LogP contribution in [-0.2, 0) is 15.8 Å². The number of alkyl carbamates (subject to hydrolysis) is 1. The van der Waals surface area contributed by atoms with Gasteiger partial charge in [0.05, 0.1) is 0 Å². The van der Waals surface area contributed by atoms with Gasteiger partial charge in [0.2, 0.25) is 0 Å². The minimum absolute atomic E-state index is 0.0556. The molecule has 1 amide bonds. The van der Waals surface area contributed by atoms with Crippen LogP contribution in [0.25, 0.3) is 0 Å². The minimum atomic E-state index is -1.80. The Hall–Kier alpha value is -1.59. The van der Waals surface area contributed by atoms with Crippen molar-refractivity contribution in [3.63, 3.8) is 0 Å². The molecule has 1 N–H and O–H groups in total. The maximum absolute atomic E-state index is 12.3. The van der Waals surface area contributed by atoms with Crippen molar-refractivity contribution in [2.75, 3.05) is 0 Å². The van der Waals surface area contributed by atoms with E-state index in [0.29, 0.717) is 0 Å². The number of hydrogen-bond acceptors (Lipinski definition) is 3.